The molecule has 35 heavy (non-hydrogen) atoms. The van der Waals surface area contributed by atoms with Gasteiger partial charge >= 0.3 is 0 Å². The number of benzene rings is 3. The molecule has 0 saturated carbocycles. The Kier molecular flexibility index (Phi) is 6.31. The molecule has 2 N–H and O–H groups in total. The number of thiazole rings is 1. The number of nitrogens with zero attached hydrogens (tertiary/aromatic N) is 2. The molecule has 0 radical (unpaired) electrons. The monoisotopic (exact) mass is 507 g/mol. The van der Waals surface area contributed by atoms with Crippen LogP contribution in [0.3, 0.4) is 0 Å². The fourth-order valence-electron chi connectivity index (χ4n) is 4.27. The van der Waals surface area contributed by atoms with Gasteiger partial charge in [-0.3, -0.25) is 4.79 Å². The number of sulfonamides is 1. The SMILES string of the molecule is CC1CCCN(S(=O)(=O)c2ccc(C(=O)Nc3ccc(O)c(-c4nc5ccccc5s4)c3)cc2)C1. The van der Waals surface area contributed by atoms with Crippen LogP contribution in [0.25, 0.3) is 20.8 Å². The third-order valence-electron chi connectivity index (χ3n) is 6.15. The van der Waals surface area contributed by atoms with Crippen LogP contribution in [0.2, 0.25) is 0 Å². The van der Waals surface area contributed by atoms with Gasteiger partial charge in [-0.1, -0.05) is 19.1 Å². The number of rotatable bonds is 5. The minimum atomic E-state index is -3.58. The van der Waals surface area contributed by atoms with Gasteiger partial charge in [-0.25, -0.2) is 13.4 Å². The van der Waals surface area contributed by atoms with Crippen LogP contribution in [0.15, 0.2) is 71.6 Å². The number of anilines is 1. The van der Waals surface area contributed by atoms with Crippen molar-refractivity contribution >= 4 is 43.2 Å². The zero-order valence-corrected chi connectivity index (χ0v) is 20.8. The van der Waals surface area contributed by atoms with Crippen molar-refractivity contribution in [3.05, 3.63) is 72.3 Å². The molecular weight excluding hydrogens is 482 g/mol. The number of carbonyl (C=O) groups is 1. The molecule has 1 unspecified atom stereocenters. The van der Waals surface area contributed by atoms with Crippen molar-refractivity contribution in [1.82, 2.24) is 9.29 Å². The number of amides is 1. The standard InChI is InChI=1S/C26H25N3O4S2/c1-17-5-4-14-29(16-17)35(32,33)20-11-8-18(9-12-20)25(31)27-19-10-13-23(30)21(15-19)26-28-22-6-2-3-7-24(22)34-26/h2-3,6-13,15,17,30H,4-5,14,16H2,1H3,(H,27,31). The molecule has 1 fully saturated rings. The highest BCUT2D eigenvalue weighted by atomic mass is 32.2. The van der Waals surface area contributed by atoms with Crippen molar-refractivity contribution < 1.29 is 18.3 Å². The van der Waals surface area contributed by atoms with E-state index in [1.165, 1.54) is 46.0 Å². The van der Waals surface area contributed by atoms with E-state index < -0.39 is 10.0 Å². The topological polar surface area (TPSA) is 99.6 Å². The normalized spacial score (nSPS) is 16.9. The number of aromatic hydroxyl groups is 1. The van der Waals surface area contributed by atoms with Crippen LogP contribution in [0.4, 0.5) is 5.69 Å². The molecule has 7 nitrogen and oxygen atoms in total. The minimum absolute atomic E-state index is 0.0728. The largest absolute Gasteiger partial charge is 0.507 e. The number of para-hydroxylation sites is 1. The van der Waals surface area contributed by atoms with E-state index in [1.807, 2.05) is 24.3 Å². The summed E-state index contributed by atoms with van der Waals surface area (Å²) >= 11 is 1.46. The van der Waals surface area contributed by atoms with E-state index >= 15 is 0 Å². The van der Waals surface area contributed by atoms with Crippen LogP contribution >= 0.6 is 11.3 Å². The average Bonchev–Trinajstić information content (AvgIpc) is 3.29. The number of carbonyl (C=O) groups excluding carboxylic acids is 1. The summed E-state index contributed by atoms with van der Waals surface area (Å²) in [6, 6.07) is 18.5. The molecule has 0 bridgehead atoms. The summed E-state index contributed by atoms with van der Waals surface area (Å²) in [5, 5.41) is 13.9. The zero-order chi connectivity index (χ0) is 24.6. The zero-order valence-electron chi connectivity index (χ0n) is 19.1. The third-order valence-corrected chi connectivity index (χ3v) is 9.10. The molecule has 1 aromatic heterocycles. The second-order valence-electron chi connectivity index (χ2n) is 8.81. The van der Waals surface area contributed by atoms with Gasteiger partial charge in [0.2, 0.25) is 10.0 Å². The van der Waals surface area contributed by atoms with E-state index in [0.717, 1.165) is 23.1 Å². The second-order valence-corrected chi connectivity index (χ2v) is 11.8. The Labute approximate surface area is 208 Å². The fraction of sp³-hybridized carbons (Fsp3) is 0.231. The summed E-state index contributed by atoms with van der Waals surface area (Å²) in [5.74, 6) is 0.0340. The van der Waals surface area contributed by atoms with Gasteiger partial charge in [0.25, 0.3) is 5.91 Å². The lowest BCUT2D eigenvalue weighted by atomic mass is 10.0. The maximum absolute atomic E-state index is 13.0. The summed E-state index contributed by atoms with van der Waals surface area (Å²) in [6.45, 7) is 3.09. The molecule has 1 saturated heterocycles. The number of phenols is 1. The first-order valence-corrected chi connectivity index (χ1v) is 13.7. The highest BCUT2D eigenvalue weighted by Crippen LogP contribution is 2.36. The van der Waals surface area contributed by atoms with Gasteiger partial charge in [-0.15, -0.1) is 11.3 Å². The number of hydrogen-bond donors (Lipinski definition) is 2. The Balaban J connectivity index is 1.34. The molecular formula is C26H25N3O4S2. The molecule has 1 amide bonds. The van der Waals surface area contributed by atoms with E-state index in [9.17, 15) is 18.3 Å². The van der Waals surface area contributed by atoms with E-state index in [4.69, 9.17) is 0 Å². The van der Waals surface area contributed by atoms with Crippen LogP contribution in [0, 0.1) is 5.92 Å². The quantitative estimate of drug-likeness (QED) is 0.355. The van der Waals surface area contributed by atoms with Crippen LogP contribution in [0.5, 0.6) is 5.75 Å². The molecule has 3 aromatic carbocycles. The van der Waals surface area contributed by atoms with Crippen LogP contribution in [-0.2, 0) is 10.0 Å². The Morgan fingerprint density at radius 3 is 2.63 bits per heavy atom. The Morgan fingerprint density at radius 1 is 1.11 bits per heavy atom. The first-order valence-electron chi connectivity index (χ1n) is 11.4. The predicted octanol–water partition coefficient (Wildman–Crippen LogP) is 5.34. The molecule has 1 aliphatic heterocycles. The lowest BCUT2D eigenvalue weighted by Crippen LogP contribution is -2.39. The molecule has 5 rings (SSSR count). The van der Waals surface area contributed by atoms with Crippen molar-refractivity contribution in [2.75, 3.05) is 18.4 Å². The van der Waals surface area contributed by atoms with E-state index in [2.05, 4.69) is 17.2 Å². The van der Waals surface area contributed by atoms with Gasteiger partial charge in [0.05, 0.1) is 20.7 Å². The molecule has 1 atom stereocenters. The molecule has 0 aliphatic carbocycles. The van der Waals surface area contributed by atoms with Crippen LogP contribution < -0.4 is 5.32 Å². The van der Waals surface area contributed by atoms with Gasteiger partial charge in [0, 0.05) is 24.3 Å². The lowest BCUT2D eigenvalue weighted by Gasteiger charge is -2.30. The van der Waals surface area contributed by atoms with Gasteiger partial charge in [-0.2, -0.15) is 4.31 Å². The molecule has 1 aliphatic rings. The molecule has 2 heterocycles. The van der Waals surface area contributed by atoms with Crippen molar-refractivity contribution in [3.8, 4) is 16.3 Å². The number of nitrogens with one attached hydrogen (secondary N) is 1. The Hall–Kier alpha value is -3.27. The van der Waals surface area contributed by atoms with Crippen molar-refractivity contribution in [2.45, 2.75) is 24.7 Å². The number of hydrogen-bond acceptors (Lipinski definition) is 6. The van der Waals surface area contributed by atoms with E-state index in [0.29, 0.717) is 40.8 Å². The fourth-order valence-corrected chi connectivity index (χ4v) is 6.86. The summed E-state index contributed by atoms with van der Waals surface area (Å²) in [6.07, 6.45) is 1.88. The maximum atomic E-state index is 13.0. The van der Waals surface area contributed by atoms with Crippen LogP contribution in [-0.4, -0.2) is 41.8 Å². The average molecular weight is 508 g/mol. The van der Waals surface area contributed by atoms with Gasteiger partial charge < -0.3 is 10.4 Å². The molecule has 9 heteroatoms. The summed E-state index contributed by atoms with van der Waals surface area (Å²) in [7, 11) is -3.58. The number of phenolic OH excluding ortho intramolecular Hbond substituents is 1. The van der Waals surface area contributed by atoms with Gasteiger partial charge in [-0.05, 0) is 73.4 Å². The summed E-state index contributed by atoms with van der Waals surface area (Å²) in [5.41, 5.74) is 2.21. The van der Waals surface area contributed by atoms with E-state index in [1.54, 1.807) is 12.1 Å². The molecule has 4 aromatic rings. The predicted molar refractivity (Wildman–Crippen MR) is 138 cm³/mol. The third kappa shape index (κ3) is 4.80. The Bertz CT molecular complexity index is 1460. The molecule has 0 spiro atoms. The lowest BCUT2D eigenvalue weighted by molar-refractivity contribution is 0.102. The number of piperidine rings is 1. The van der Waals surface area contributed by atoms with Crippen LogP contribution in [0.1, 0.15) is 30.1 Å². The number of fused-ring (bicyclic) bond motifs is 1. The minimum Gasteiger partial charge on any atom is -0.507 e. The smallest absolute Gasteiger partial charge is 0.255 e. The first-order chi connectivity index (χ1) is 16.8. The highest BCUT2D eigenvalue weighted by Gasteiger charge is 2.28. The maximum Gasteiger partial charge on any atom is 0.255 e. The van der Waals surface area contributed by atoms with Crippen molar-refractivity contribution in [3.63, 3.8) is 0 Å². The Morgan fingerprint density at radius 2 is 1.89 bits per heavy atom. The van der Waals surface area contributed by atoms with E-state index in [-0.39, 0.29) is 16.6 Å². The first kappa shape index (κ1) is 23.5. The van der Waals surface area contributed by atoms with Gasteiger partial charge in [0.1, 0.15) is 10.8 Å². The number of aromatic nitrogens is 1. The highest BCUT2D eigenvalue weighted by molar-refractivity contribution is 7.89. The summed E-state index contributed by atoms with van der Waals surface area (Å²) < 4.78 is 28.5. The van der Waals surface area contributed by atoms with Crippen molar-refractivity contribution in [2.24, 2.45) is 5.92 Å². The summed E-state index contributed by atoms with van der Waals surface area (Å²) in [4.78, 5) is 17.6. The second kappa shape index (κ2) is 9.41. The van der Waals surface area contributed by atoms with Crippen molar-refractivity contribution in [1.29, 1.82) is 0 Å². The molecule has 180 valence electrons. The van der Waals surface area contributed by atoms with Gasteiger partial charge in [0.15, 0.2) is 0 Å².